The van der Waals surface area contributed by atoms with Gasteiger partial charge < -0.3 is 24.2 Å². The quantitative estimate of drug-likeness (QED) is 0.364. The molecule has 38 heavy (non-hydrogen) atoms. The van der Waals surface area contributed by atoms with E-state index in [9.17, 15) is 14.7 Å². The summed E-state index contributed by atoms with van der Waals surface area (Å²) in [5, 5.41) is 10.2. The Hall–Kier alpha value is -3.17. The third kappa shape index (κ3) is 6.82. The molecule has 2 atom stereocenters. The highest BCUT2D eigenvalue weighted by Gasteiger charge is 2.40. The Bertz CT molecular complexity index is 1140. The van der Waals surface area contributed by atoms with Crippen LogP contribution >= 0.6 is 11.3 Å². The van der Waals surface area contributed by atoms with E-state index < -0.39 is 18.1 Å². The van der Waals surface area contributed by atoms with Crippen LogP contribution in [0.4, 0.5) is 0 Å². The van der Waals surface area contributed by atoms with Crippen LogP contribution in [0.25, 0.3) is 0 Å². The van der Waals surface area contributed by atoms with Crippen molar-refractivity contribution in [3.63, 3.8) is 0 Å². The van der Waals surface area contributed by atoms with Crippen molar-refractivity contribution in [2.45, 2.75) is 83.3 Å². The molecule has 204 valence electrons. The highest BCUT2D eigenvalue weighted by atomic mass is 32.1. The number of hydrogen-bond acceptors (Lipinski definition) is 7. The highest BCUT2D eigenvalue weighted by Crippen LogP contribution is 2.39. The molecule has 0 radical (unpaired) electrons. The van der Waals surface area contributed by atoms with Gasteiger partial charge in [-0.05, 0) is 30.9 Å². The second kappa shape index (κ2) is 13.6. The number of allylic oxidation sites excluding steroid dienone is 3. The molecule has 2 heterocycles. The van der Waals surface area contributed by atoms with Gasteiger partial charge in [0, 0.05) is 31.1 Å². The molecule has 0 saturated heterocycles. The summed E-state index contributed by atoms with van der Waals surface area (Å²) in [4.78, 5) is 32.8. The summed E-state index contributed by atoms with van der Waals surface area (Å²) in [7, 11) is 1.56. The van der Waals surface area contributed by atoms with Gasteiger partial charge in [-0.3, -0.25) is 9.78 Å². The number of carbonyl (C=O) groups excluding carboxylic acids is 1. The zero-order valence-electron chi connectivity index (χ0n) is 22.0. The van der Waals surface area contributed by atoms with E-state index in [1.807, 2.05) is 30.4 Å². The summed E-state index contributed by atoms with van der Waals surface area (Å²) in [6.45, 7) is 2.52. The Morgan fingerprint density at radius 1 is 1.24 bits per heavy atom. The van der Waals surface area contributed by atoms with Crippen molar-refractivity contribution in [2.75, 3.05) is 7.11 Å². The van der Waals surface area contributed by atoms with Crippen molar-refractivity contribution in [1.29, 1.82) is 0 Å². The predicted molar refractivity (Wildman–Crippen MR) is 145 cm³/mol. The lowest BCUT2D eigenvalue weighted by Gasteiger charge is -2.37. The fraction of sp³-hybridized carbons (Fsp3) is 0.483. The second-order valence-electron chi connectivity index (χ2n) is 9.55. The summed E-state index contributed by atoms with van der Waals surface area (Å²) in [5.41, 5.74) is 3.33. The minimum atomic E-state index is -1.05. The van der Waals surface area contributed by atoms with Crippen LogP contribution in [0.15, 0.2) is 48.1 Å². The van der Waals surface area contributed by atoms with E-state index in [4.69, 9.17) is 14.2 Å². The van der Waals surface area contributed by atoms with Crippen LogP contribution < -0.4 is 9.47 Å². The third-order valence-corrected chi connectivity index (χ3v) is 7.72. The van der Waals surface area contributed by atoms with Gasteiger partial charge in [-0.2, -0.15) is 0 Å². The smallest absolute Gasteiger partial charge is 0.326 e. The van der Waals surface area contributed by atoms with Crippen LogP contribution in [0.5, 0.6) is 11.5 Å². The van der Waals surface area contributed by atoms with E-state index in [1.54, 1.807) is 24.9 Å². The summed E-state index contributed by atoms with van der Waals surface area (Å²) in [6, 6.07) is 2.65. The SMILES string of the molecule is CC/C=C\C=C/C[C@H](OC1CCCC1)C(=O)N1Cc2ccc(OC)c(OCc3cncs3)c2C[C@@H]1C(=O)O. The Kier molecular flexibility index (Phi) is 9.95. The van der Waals surface area contributed by atoms with Crippen molar-refractivity contribution in [3.05, 3.63) is 64.1 Å². The van der Waals surface area contributed by atoms with Crippen LogP contribution in [0, 0.1) is 0 Å². The van der Waals surface area contributed by atoms with Gasteiger partial charge in [0.05, 0.1) is 23.6 Å². The maximum atomic E-state index is 13.8. The molecule has 1 amide bonds. The number of amides is 1. The van der Waals surface area contributed by atoms with Gasteiger partial charge in [-0.1, -0.05) is 50.1 Å². The zero-order valence-corrected chi connectivity index (χ0v) is 22.8. The number of hydrogen-bond donors (Lipinski definition) is 1. The molecule has 0 bridgehead atoms. The number of methoxy groups -OCH3 is 1. The van der Waals surface area contributed by atoms with Gasteiger partial charge in [-0.15, -0.1) is 11.3 Å². The minimum Gasteiger partial charge on any atom is -0.493 e. The molecule has 1 aliphatic carbocycles. The van der Waals surface area contributed by atoms with E-state index in [0.29, 0.717) is 24.5 Å². The van der Waals surface area contributed by atoms with Crippen LogP contribution in [-0.4, -0.2) is 52.2 Å². The van der Waals surface area contributed by atoms with Gasteiger partial charge in [0.1, 0.15) is 18.8 Å². The van der Waals surface area contributed by atoms with E-state index in [-0.39, 0.29) is 25.0 Å². The number of benzene rings is 1. The predicted octanol–water partition coefficient (Wildman–Crippen LogP) is 5.31. The largest absolute Gasteiger partial charge is 0.493 e. The first kappa shape index (κ1) is 27.9. The number of nitrogens with zero attached hydrogens (tertiary/aromatic N) is 2. The summed E-state index contributed by atoms with van der Waals surface area (Å²) in [5.74, 6) is -0.297. The number of ether oxygens (including phenoxy) is 3. The number of aromatic nitrogens is 1. The number of thiazole rings is 1. The number of carboxylic acids is 1. The molecule has 0 unspecified atom stereocenters. The average molecular weight is 541 g/mol. The normalized spacial score (nSPS) is 18.7. The third-order valence-electron chi connectivity index (χ3n) is 6.97. The van der Waals surface area contributed by atoms with Crippen LogP contribution in [-0.2, 0) is 33.9 Å². The maximum Gasteiger partial charge on any atom is 0.326 e. The van der Waals surface area contributed by atoms with E-state index in [1.165, 1.54) is 16.2 Å². The molecule has 1 saturated carbocycles. The standard InChI is InChI=1S/C29H36N2O6S/c1-3-4-5-6-7-12-26(37-21-10-8-9-11-21)28(32)31-17-20-13-14-25(35-2)27(23(20)15-24(31)29(33)34)36-18-22-16-30-19-38-22/h4-7,13-14,16,19,21,24,26H,3,8-12,15,17-18H2,1-2H3,(H,33,34)/b5-4-,7-6-/t24-,26+/m1/s1. The Morgan fingerprint density at radius 3 is 2.71 bits per heavy atom. The van der Waals surface area contributed by atoms with Gasteiger partial charge >= 0.3 is 5.97 Å². The lowest BCUT2D eigenvalue weighted by Crippen LogP contribution is -2.52. The molecule has 2 aliphatic rings. The van der Waals surface area contributed by atoms with Gasteiger partial charge in [0.2, 0.25) is 0 Å². The molecule has 1 aromatic heterocycles. The molecule has 0 spiro atoms. The number of rotatable bonds is 12. The van der Waals surface area contributed by atoms with E-state index in [2.05, 4.69) is 11.9 Å². The van der Waals surface area contributed by atoms with Crippen molar-refractivity contribution < 1.29 is 28.9 Å². The average Bonchev–Trinajstić information content (AvgIpc) is 3.64. The van der Waals surface area contributed by atoms with Crippen molar-refractivity contribution in [2.24, 2.45) is 0 Å². The van der Waals surface area contributed by atoms with Crippen LogP contribution in [0.3, 0.4) is 0 Å². The molecular weight excluding hydrogens is 504 g/mol. The van der Waals surface area contributed by atoms with E-state index >= 15 is 0 Å². The zero-order chi connectivity index (χ0) is 26.9. The molecule has 1 aromatic carbocycles. The maximum absolute atomic E-state index is 13.8. The first-order valence-corrected chi connectivity index (χ1v) is 14.1. The monoisotopic (exact) mass is 540 g/mol. The molecular formula is C29H36N2O6S. The Balaban J connectivity index is 1.59. The van der Waals surface area contributed by atoms with Gasteiger partial charge in [-0.25, -0.2) is 4.79 Å². The summed E-state index contributed by atoms with van der Waals surface area (Å²) < 4.78 is 17.9. The lowest BCUT2D eigenvalue weighted by atomic mass is 9.92. The Labute approximate surface area is 227 Å². The van der Waals surface area contributed by atoms with Gasteiger partial charge in [0.15, 0.2) is 11.5 Å². The Morgan fingerprint density at radius 2 is 2.03 bits per heavy atom. The first-order valence-electron chi connectivity index (χ1n) is 13.2. The second-order valence-corrected chi connectivity index (χ2v) is 10.5. The summed E-state index contributed by atoms with van der Waals surface area (Å²) >= 11 is 1.48. The lowest BCUT2D eigenvalue weighted by molar-refractivity contribution is -0.159. The van der Waals surface area contributed by atoms with Gasteiger partial charge in [0.25, 0.3) is 5.91 Å². The number of carboxylic acid groups (broad SMARTS) is 1. The molecule has 1 N–H and O–H groups in total. The van der Waals surface area contributed by atoms with Crippen LogP contribution in [0.1, 0.15) is 61.5 Å². The molecule has 9 heteroatoms. The minimum absolute atomic E-state index is 0.0277. The highest BCUT2D eigenvalue weighted by molar-refractivity contribution is 7.09. The van der Waals surface area contributed by atoms with Crippen LogP contribution in [0.2, 0.25) is 0 Å². The number of carbonyl (C=O) groups is 2. The topological polar surface area (TPSA) is 98.2 Å². The van der Waals surface area contributed by atoms with E-state index in [0.717, 1.165) is 48.1 Å². The first-order chi connectivity index (χ1) is 18.5. The molecule has 8 nitrogen and oxygen atoms in total. The van der Waals surface area contributed by atoms with Crippen molar-refractivity contribution >= 4 is 23.2 Å². The number of fused-ring (bicyclic) bond motifs is 1. The van der Waals surface area contributed by atoms with Crippen molar-refractivity contribution in [1.82, 2.24) is 9.88 Å². The summed E-state index contributed by atoms with van der Waals surface area (Å²) in [6.07, 6.45) is 14.3. The fourth-order valence-electron chi connectivity index (χ4n) is 5.00. The molecule has 1 aliphatic heterocycles. The molecule has 1 fully saturated rings. The van der Waals surface area contributed by atoms with Crippen molar-refractivity contribution in [3.8, 4) is 11.5 Å². The molecule has 2 aromatic rings. The molecule has 4 rings (SSSR count). The fourth-order valence-corrected chi connectivity index (χ4v) is 5.50. The number of aliphatic carboxylic acids is 1.